The molecule has 0 bridgehead atoms. The molecule has 0 saturated carbocycles. The van der Waals surface area contributed by atoms with Gasteiger partial charge in [-0.15, -0.1) is 0 Å². The molecule has 0 aliphatic rings. The fraction of sp³-hybridized carbons (Fsp3) is 1.00. The predicted molar refractivity (Wildman–Crippen MR) is 108 cm³/mol. The number of halogens is 1. The van der Waals surface area contributed by atoms with E-state index in [4.69, 9.17) is 0 Å². The van der Waals surface area contributed by atoms with Gasteiger partial charge in [-0.3, -0.25) is 0 Å². The van der Waals surface area contributed by atoms with Gasteiger partial charge in [0.25, 0.3) is 0 Å². The SMILES string of the molecule is CCCCCCNCCCCCCP(Br)(CC)(CC)CC. The van der Waals surface area contributed by atoms with Crippen molar-refractivity contribution < 1.29 is 0 Å². The van der Waals surface area contributed by atoms with Gasteiger partial charge >= 0.3 is 136 Å². The minimum absolute atomic E-state index is 1.22. The first kappa shape index (κ1) is 21.9. The Morgan fingerprint density at radius 3 is 1.62 bits per heavy atom. The Morgan fingerprint density at radius 1 is 0.667 bits per heavy atom. The van der Waals surface area contributed by atoms with Crippen LogP contribution in [0.3, 0.4) is 0 Å². The van der Waals surface area contributed by atoms with Crippen LogP contribution in [0, 0.1) is 0 Å². The first-order valence-corrected chi connectivity index (χ1v) is 14.5. The van der Waals surface area contributed by atoms with E-state index in [1.54, 1.807) is 0 Å². The fourth-order valence-corrected chi connectivity index (χ4v) is 7.11. The van der Waals surface area contributed by atoms with Crippen molar-refractivity contribution in [2.24, 2.45) is 0 Å². The summed E-state index contributed by atoms with van der Waals surface area (Å²) in [5, 5.41) is 2.10. The Bertz CT molecular complexity index is 230. The first-order chi connectivity index (χ1) is 10.0. The average molecular weight is 382 g/mol. The molecular weight excluding hydrogens is 341 g/mol. The van der Waals surface area contributed by atoms with Gasteiger partial charge in [0, 0.05) is 0 Å². The van der Waals surface area contributed by atoms with Crippen LogP contribution in [0.1, 0.15) is 79.1 Å². The zero-order valence-electron chi connectivity index (χ0n) is 15.2. The molecule has 0 radical (unpaired) electrons. The summed E-state index contributed by atoms with van der Waals surface area (Å²) in [4.78, 5) is 0. The molecule has 1 nitrogen and oxygen atoms in total. The third-order valence-electron chi connectivity index (χ3n) is 5.40. The van der Waals surface area contributed by atoms with Gasteiger partial charge in [0.1, 0.15) is 0 Å². The van der Waals surface area contributed by atoms with Crippen molar-refractivity contribution in [3.63, 3.8) is 0 Å². The van der Waals surface area contributed by atoms with Crippen molar-refractivity contribution in [1.82, 2.24) is 5.32 Å². The van der Waals surface area contributed by atoms with E-state index in [0.29, 0.717) is 0 Å². The van der Waals surface area contributed by atoms with E-state index in [9.17, 15) is 0 Å². The van der Waals surface area contributed by atoms with Gasteiger partial charge in [-0.05, 0) is 0 Å². The molecule has 0 spiro atoms. The Balaban J connectivity index is 3.51. The molecule has 0 saturated heterocycles. The van der Waals surface area contributed by atoms with E-state index in [-0.39, 0.29) is 0 Å². The molecule has 0 amide bonds. The summed E-state index contributed by atoms with van der Waals surface area (Å²) in [6, 6.07) is 0. The van der Waals surface area contributed by atoms with Gasteiger partial charge < -0.3 is 0 Å². The van der Waals surface area contributed by atoms with Crippen molar-refractivity contribution >= 4 is 20.8 Å². The van der Waals surface area contributed by atoms with E-state index >= 15 is 0 Å². The van der Waals surface area contributed by atoms with Crippen molar-refractivity contribution in [2.75, 3.05) is 37.7 Å². The van der Waals surface area contributed by atoms with Gasteiger partial charge in [-0.25, -0.2) is 0 Å². The fourth-order valence-electron chi connectivity index (χ4n) is 3.06. The molecule has 130 valence electrons. The summed E-state index contributed by atoms with van der Waals surface area (Å²) < 4.78 is 0. The van der Waals surface area contributed by atoms with Gasteiger partial charge in [-0.1, -0.05) is 6.92 Å². The van der Waals surface area contributed by atoms with Gasteiger partial charge in [0.15, 0.2) is 0 Å². The van der Waals surface area contributed by atoms with Gasteiger partial charge in [0.2, 0.25) is 0 Å². The van der Waals surface area contributed by atoms with Crippen LogP contribution in [0.4, 0.5) is 0 Å². The van der Waals surface area contributed by atoms with Crippen LogP contribution in [0.15, 0.2) is 0 Å². The monoisotopic (exact) mass is 381 g/mol. The van der Waals surface area contributed by atoms with E-state index < -0.39 is 5.31 Å². The Morgan fingerprint density at radius 2 is 1.14 bits per heavy atom. The van der Waals surface area contributed by atoms with E-state index in [1.165, 1.54) is 89.1 Å². The molecular formula is C18H41BrNP. The second-order valence-corrected chi connectivity index (χ2v) is 18.7. The second-order valence-electron chi connectivity index (χ2n) is 6.72. The van der Waals surface area contributed by atoms with Crippen LogP contribution in [0.2, 0.25) is 0 Å². The number of unbranched alkanes of at least 4 members (excludes halogenated alkanes) is 6. The summed E-state index contributed by atoms with van der Waals surface area (Å²) in [6.45, 7) is 11.9. The van der Waals surface area contributed by atoms with Crippen molar-refractivity contribution in [3.05, 3.63) is 0 Å². The quantitative estimate of drug-likeness (QED) is 0.247. The third kappa shape index (κ3) is 9.57. The molecule has 0 unspecified atom stereocenters. The third-order valence-corrected chi connectivity index (χ3v) is 17.2. The van der Waals surface area contributed by atoms with E-state index in [0.717, 1.165) is 0 Å². The topological polar surface area (TPSA) is 12.0 Å². The minimum atomic E-state index is -1.49. The van der Waals surface area contributed by atoms with Crippen molar-refractivity contribution in [1.29, 1.82) is 0 Å². The Hall–Kier alpha value is 0.870. The normalized spacial score (nSPS) is 14.0. The number of rotatable bonds is 15. The van der Waals surface area contributed by atoms with Crippen molar-refractivity contribution in [2.45, 2.75) is 79.1 Å². The standard InChI is InChI=1S/C18H41BrNP/c1-5-9-10-13-16-20-17-14-11-12-15-18-21(19,6-2,7-3)8-4/h20H,5-18H2,1-4H3. The van der Waals surface area contributed by atoms with Gasteiger partial charge in [0.05, 0.1) is 0 Å². The molecule has 0 aromatic rings. The second kappa shape index (κ2) is 12.3. The van der Waals surface area contributed by atoms with Crippen LogP contribution >= 0.6 is 20.8 Å². The summed E-state index contributed by atoms with van der Waals surface area (Å²) in [5.41, 5.74) is 0. The average Bonchev–Trinajstić information content (AvgIpc) is 2.53. The summed E-state index contributed by atoms with van der Waals surface area (Å²) in [5.74, 6) is 0. The van der Waals surface area contributed by atoms with E-state index in [2.05, 4.69) is 48.5 Å². The van der Waals surface area contributed by atoms with Crippen LogP contribution in [0.5, 0.6) is 0 Å². The molecule has 3 heteroatoms. The molecule has 0 fully saturated rings. The Labute approximate surface area is 143 Å². The molecule has 1 N–H and O–H groups in total. The predicted octanol–water partition coefficient (Wildman–Crippen LogP) is 6.64. The summed E-state index contributed by atoms with van der Waals surface area (Å²) >= 11 is 4.23. The van der Waals surface area contributed by atoms with Crippen LogP contribution in [0.25, 0.3) is 0 Å². The number of hydrogen-bond acceptors (Lipinski definition) is 1. The van der Waals surface area contributed by atoms with Crippen LogP contribution < -0.4 is 5.32 Å². The molecule has 0 atom stereocenters. The zero-order valence-corrected chi connectivity index (χ0v) is 17.7. The molecule has 0 heterocycles. The number of hydrogen-bond donors (Lipinski definition) is 1. The molecule has 0 aliphatic heterocycles. The van der Waals surface area contributed by atoms with Crippen LogP contribution in [-0.4, -0.2) is 37.7 Å². The maximum atomic E-state index is 4.23. The molecule has 21 heavy (non-hydrogen) atoms. The Kier molecular flexibility index (Phi) is 12.8. The molecule has 0 rings (SSSR count). The van der Waals surface area contributed by atoms with Crippen LogP contribution in [-0.2, 0) is 0 Å². The first-order valence-electron chi connectivity index (χ1n) is 9.47. The summed E-state index contributed by atoms with van der Waals surface area (Å²) in [7, 11) is 0. The van der Waals surface area contributed by atoms with Gasteiger partial charge in [-0.2, -0.15) is 0 Å². The molecule has 0 aromatic heterocycles. The molecule has 0 aliphatic carbocycles. The number of nitrogens with one attached hydrogen (secondary N) is 1. The maximum absolute atomic E-state index is 4.23. The summed E-state index contributed by atoms with van der Waals surface area (Å²) in [6.07, 6.45) is 16.7. The molecule has 0 aromatic carbocycles. The zero-order chi connectivity index (χ0) is 16.1. The van der Waals surface area contributed by atoms with Crippen molar-refractivity contribution in [3.8, 4) is 0 Å². The van der Waals surface area contributed by atoms with E-state index in [1.807, 2.05) is 0 Å².